The van der Waals surface area contributed by atoms with Gasteiger partial charge in [-0.1, -0.05) is 11.6 Å². The Kier molecular flexibility index (Phi) is 4.59. The van der Waals surface area contributed by atoms with E-state index in [2.05, 4.69) is 32.1 Å². The quantitative estimate of drug-likeness (QED) is 0.862. The number of aryl methyl sites for hydroxylation is 1. The molecule has 0 saturated carbocycles. The molecule has 6 nitrogen and oxygen atoms in total. The largest absolute Gasteiger partial charge is 0.354 e. The summed E-state index contributed by atoms with van der Waals surface area (Å²) in [4.78, 5) is 4.63. The maximum Gasteiger partial charge on any atom is 0.151 e. The molecule has 3 heterocycles. The average Bonchev–Trinajstić information content (AvgIpc) is 2.86. The van der Waals surface area contributed by atoms with Gasteiger partial charge in [0, 0.05) is 45.1 Å². The predicted molar refractivity (Wildman–Crippen MR) is 87.0 cm³/mol. The van der Waals surface area contributed by atoms with Crippen LogP contribution < -0.4 is 4.90 Å². The number of aromatic nitrogens is 4. The Balaban J connectivity index is 1.65. The molecule has 118 valence electrons. The second-order valence-corrected chi connectivity index (χ2v) is 6.24. The molecule has 0 aliphatic carbocycles. The van der Waals surface area contributed by atoms with Gasteiger partial charge in [0.1, 0.15) is 0 Å². The molecule has 7 heteroatoms. The van der Waals surface area contributed by atoms with Crippen molar-refractivity contribution in [2.45, 2.75) is 25.4 Å². The van der Waals surface area contributed by atoms with E-state index in [4.69, 9.17) is 11.6 Å². The molecule has 1 aliphatic rings. The highest BCUT2D eigenvalue weighted by molar-refractivity contribution is 6.31. The van der Waals surface area contributed by atoms with E-state index in [-0.39, 0.29) is 0 Å². The number of piperidine rings is 1. The van der Waals surface area contributed by atoms with Crippen molar-refractivity contribution in [2.24, 2.45) is 7.05 Å². The minimum atomic E-state index is 0.467. The van der Waals surface area contributed by atoms with Gasteiger partial charge in [0.15, 0.2) is 5.82 Å². The van der Waals surface area contributed by atoms with Crippen LogP contribution in [-0.4, -0.2) is 51.1 Å². The van der Waals surface area contributed by atoms with Crippen LogP contribution in [0.15, 0.2) is 24.5 Å². The number of anilines is 1. The third kappa shape index (κ3) is 3.39. The van der Waals surface area contributed by atoms with Crippen LogP contribution in [0, 0.1) is 0 Å². The van der Waals surface area contributed by atoms with E-state index in [0.29, 0.717) is 6.04 Å². The molecular formula is C15H21ClN6. The number of halogens is 1. The van der Waals surface area contributed by atoms with Crippen LogP contribution in [0.2, 0.25) is 5.02 Å². The molecule has 2 aromatic rings. The van der Waals surface area contributed by atoms with Crippen molar-refractivity contribution < 1.29 is 0 Å². The molecule has 3 rings (SSSR count). The Labute approximate surface area is 135 Å². The van der Waals surface area contributed by atoms with Gasteiger partial charge in [0.2, 0.25) is 0 Å². The number of likely N-dealkylation sites (N-methyl/N-ethyl adjacent to an activating group) is 1. The van der Waals surface area contributed by atoms with Gasteiger partial charge in [-0.05, 0) is 32.0 Å². The minimum Gasteiger partial charge on any atom is -0.354 e. The van der Waals surface area contributed by atoms with Crippen molar-refractivity contribution in [1.82, 2.24) is 24.9 Å². The Morgan fingerprint density at radius 2 is 2.32 bits per heavy atom. The average molecular weight is 321 g/mol. The highest BCUT2D eigenvalue weighted by Gasteiger charge is 2.25. The van der Waals surface area contributed by atoms with E-state index < -0.39 is 0 Å². The fourth-order valence-electron chi connectivity index (χ4n) is 2.96. The summed E-state index contributed by atoms with van der Waals surface area (Å²) < 4.78 is 1.76. The molecule has 0 N–H and O–H groups in total. The first-order chi connectivity index (χ1) is 10.6. The van der Waals surface area contributed by atoms with Crippen LogP contribution in [0.3, 0.4) is 0 Å². The van der Waals surface area contributed by atoms with Crippen molar-refractivity contribution in [3.8, 4) is 0 Å². The SMILES string of the molecule is CN(Cc1nn(C)cc1Cl)C1CCCN(c2cccnn2)C1. The summed E-state index contributed by atoms with van der Waals surface area (Å²) in [6, 6.07) is 4.42. The molecule has 2 aromatic heterocycles. The first kappa shape index (κ1) is 15.2. The first-order valence-corrected chi connectivity index (χ1v) is 7.92. The van der Waals surface area contributed by atoms with Crippen LogP contribution >= 0.6 is 11.6 Å². The zero-order chi connectivity index (χ0) is 15.5. The number of rotatable bonds is 4. The molecule has 1 saturated heterocycles. The van der Waals surface area contributed by atoms with E-state index in [1.807, 2.05) is 25.4 Å². The summed E-state index contributed by atoms with van der Waals surface area (Å²) in [6.45, 7) is 2.76. The van der Waals surface area contributed by atoms with E-state index in [1.54, 1.807) is 10.9 Å². The van der Waals surface area contributed by atoms with Crippen molar-refractivity contribution in [2.75, 3.05) is 25.0 Å². The van der Waals surface area contributed by atoms with Gasteiger partial charge in [-0.15, -0.1) is 5.10 Å². The highest BCUT2D eigenvalue weighted by Crippen LogP contribution is 2.22. The van der Waals surface area contributed by atoms with Gasteiger partial charge < -0.3 is 4.90 Å². The topological polar surface area (TPSA) is 50.1 Å². The van der Waals surface area contributed by atoms with Crippen LogP contribution in [-0.2, 0) is 13.6 Å². The first-order valence-electron chi connectivity index (χ1n) is 7.54. The second-order valence-electron chi connectivity index (χ2n) is 5.84. The second kappa shape index (κ2) is 6.62. The maximum atomic E-state index is 6.21. The fraction of sp³-hybridized carbons (Fsp3) is 0.533. The summed E-state index contributed by atoms with van der Waals surface area (Å²) in [7, 11) is 4.03. The summed E-state index contributed by atoms with van der Waals surface area (Å²) in [5.74, 6) is 0.955. The van der Waals surface area contributed by atoms with Gasteiger partial charge in [0.05, 0.1) is 10.7 Å². The Morgan fingerprint density at radius 1 is 1.45 bits per heavy atom. The molecule has 0 aromatic carbocycles. The lowest BCUT2D eigenvalue weighted by atomic mass is 10.0. The molecule has 0 amide bonds. The Morgan fingerprint density at radius 3 is 3.00 bits per heavy atom. The van der Waals surface area contributed by atoms with Crippen LogP contribution in [0.1, 0.15) is 18.5 Å². The lowest BCUT2D eigenvalue weighted by Gasteiger charge is -2.37. The van der Waals surface area contributed by atoms with Crippen molar-refractivity contribution in [3.05, 3.63) is 35.2 Å². The fourth-order valence-corrected chi connectivity index (χ4v) is 3.20. The maximum absolute atomic E-state index is 6.21. The summed E-state index contributed by atoms with van der Waals surface area (Å²) in [5, 5.41) is 13.4. The molecule has 22 heavy (non-hydrogen) atoms. The third-order valence-electron chi connectivity index (χ3n) is 4.16. The van der Waals surface area contributed by atoms with Crippen molar-refractivity contribution >= 4 is 17.4 Å². The third-order valence-corrected chi connectivity index (χ3v) is 4.47. The number of hydrogen-bond acceptors (Lipinski definition) is 5. The standard InChI is InChI=1S/C15H21ClN6/c1-20(11-14-13(16)10-21(2)19-14)12-5-4-8-22(9-12)15-6-3-7-17-18-15/h3,6-7,10,12H,4-5,8-9,11H2,1-2H3. The molecular weight excluding hydrogens is 300 g/mol. The number of nitrogens with zero attached hydrogens (tertiary/aromatic N) is 6. The molecule has 1 aliphatic heterocycles. The van der Waals surface area contributed by atoms with E-state index in [1.165, 1.54) is 6.42 Å². The zero-order valence-electron chi connectivity index (χ0n) is 13.0. The van der Waals surface area contributed by atoms with Gasteiger partial charge in [-0.25, -0.2) is 0 Å². The van der Waals surface area contributed by atoms with Gasteiger partial charge in [-0.2, -0.15) is 10.2 Å². The number of hydrogen-bond donors (Lipinski definition) is 0. The molecule has 0 spiro atoms. The van der Waals surface area contributed by atoms with E-state index in [9.17, 15) is 0 Å². The van der Waals surface area contributed by atoms with Crippen LogP contribution in [0.5, 0.6) is 0 Å². The normalized spacial score (nSPS) is 18.9. The monoisotopic (exact) mass is 320 g/mol. The molecule has 1 unspecified atom stereocenters. The minimum absolute atomic E-state index is 0.467. The lowest BCUT2D eigenvalue weighted by Crippen LogP contribution is -2.46. The molecule has 0 radical (unpaired) electrons. The smallest absolute Gasteiger partial charge is 0.151 e. The zero-order valence-corrected chi connectivity index (χ0v) is 13.7. The van der Waals surface area contributed by atoms with E-state index in [0.717, 1.165) is 42.6 Å². The Hall–Kier alpha value is -1.66. The molecule has 1 fully saturated rings. The van der Waals surface area contributed by atoms with Crippen molar-refractivity contribution in [3.63, 3.8) is 0 Å². The molecule has 0 bridgehead atoms. The summed E-state index contributed by atoms with van der Waals surface area (Å²) in [5.41, 5.74) is 0.934. The van der Waals surface area contributed by atoms with Gasteiger partial charge in [0.25, 0.3) is 0 Å². The Bertz CT molecular complexity index is 614. The highest BCUT2D eigenvalue weighted by atomic mass is 35.5. The predicted octanol–water partition coefficient (Wildman–Crippen LogP) is 1.96. The van der Waals surface area contributed by atoms with Gasteiger partial charge >= 0.3 is 0 Å². The molecule has 1 atom stereocenters. The van der Waals surface area contributed by atoms with E-state index >= 15 is 0 Å². The summed E-state index contributed by atoms with van der Waals surface area (Å²) in [6.07, 6.45) is 5.89. The van der Waals surface area contributed by atoms with Crippen LogP contribution in [0.4, 0.5) is 5.82 Å². The summed E-state index contributed by atoms with van der Waals surface area (Å²) >= 11 is 6.21. The van der Waals surface area contributed by atoms with Crippen LogP contribution in [0.25, 0.3) is 0 Å². The van der Waals surface area contributed by atoms with Crippen molar-refractivity contribution in [1.29, 1.82) is 0 Å². The van der Waals surface area contributed by atoms with Gasteiger partial charge in [-0.3, -0.25) is 9.58 Å². The lowest BCUT2D eigenvalue weighted by molar-refractivity contribution is 0.205.